The molecular formula is C21H26N4O2. The maximum atomic E-state index is 12.4. The molecule has 4 rings (SSSR count). The van der Waals surface area contributed by atoms with Gasteiger partial charge in [-0.15, -0.1) is 0 Å². The monoisotopic (exact) mass is 366 g/mol. The van der Waals surface area contributed by atoms with Crippen LogP contribution in [0.5, 0.6) is 0 Å². The van der Waals surface area contributed by atoms with E-state index in [4.69, 9.17) is 4.74 Å². The first kappa shape index (κ1) is 17.8. The Labute approximate surface area is 160 Å². The van der Waals surface area contributed by atoms with E-state index >= 15 is 0 Å². The van der Waals surface area contributed by atoms with E-state index in [0.29, 0.717) is 32.0 Å². The molecule has 2 aliphatic rings. The molecule has 6 heteroatoms. The van der Waals surface area contributed by atoms with Crippen LogP contribution in [0.4, 0.5) is 17.1 Å². The van der Waals surface area contributed by atoms with Crippen LogP contribution in [0.3, 0.4) is 0 Å². The number of benzene rings is 1. The second kappa shape index (κ2) is 8.39. The Balaban J connectivity index is 1.37. The molecule has 0 aliphatic carbocycles. The molecule has 1 aromatic carbocycles. The Hall–Kier alpha value is -2.60. The second-order valence-corrected chi connectivity index (χ2v) is 7.06. The highest BCUT2D eigenvalue weighted by Crippen LogP contribution is 2.23. The van der Waals surface area contributed by atoms with Crippen LogP contribution in [0.25, 0.3) is 0 Å². The zero-order chi connectivity index (χ0) is 18.5. The molecule has 0 radical (unpaired) electrons. The SMILES string of the molecule is O=C(c1ccc(Nc2ccc(N3CCCCC3)cc2)cn1)N1CCOCC1. The summed E-state index contributed by atoms with van der Waals surface area (Å²) >= 11 is 0. The fourth-order valence-corrected chi connectivity index (χ4v) is 3.60. The number of nitrogens with zero attached hydrogens (tertiary/aromatic N) is 3. The molecule has 6 nitrogen and oxygen atoms in total. The fourth-order valence-electron chi connectivity index (χ4n) is 3.60. The van der Waals surface area contributed by atoms with Gasteiger partial charge in [0, 0.05) is 37.6 Å². The molecule has 2 fully saturated rings. The number of aromatic nitrogens is 1. The van der Waals surface area contributed by atoms with Gasteiger partial charge in [-0.1, -0.05) is 0 Å². The van der Waals surface area contributed by atoms with E-state index in [2.05, 4.69) is 39.5 Å². The molecule has 1 amide bonds. The molecule has 3 heterocycles. The number of hydrogen-bond donors (Lipinski definition) is 1. The van der Waals surface area contributed by atoms with Crippen LogP contribution in [0, 0.1) is 0 Å². The molecule has 2 aromatic rings. The van der Waals surface area contributed by atoms with Crippen molar-refractivity contribution in [3.05, 3.63) is 48.3 Å². The summed E-state index contributed by atoms with van der Waals surface area (Å²) in [4.78, 5) is 21.0. The molecule has 142 valence electrons. The van der Waals surface area contributed by atoms with Gasteiger partial charge in [0.2, 0.25) is 0 Å². The number of carbonyl (C=O) groups excluding carboxylic acids is 1. The van der Waals surface area contributed by atoms with E-state index in [1.54, 1.807) is 17.2 Å². The minimum atomic E-state index is -0.0317. The third kappa shape index (κ3) is 4.39. The van der Waals surface area contributed by atoms with Gasteiger partial charge in [-0.25, -0.2) is 4.98 Å². The van der Waals surface area contributed by atoms with Crippen LogP contribution >= 0.6 is 0 Å². The fraction of sp³-hybridized carbons (Fsp3) is 0.429. The zero-order valence-corrected chi connectivity index (χ0v) is 15.6. The van der Waals surface area contributed by atoms with Crippen LogP contribution in [0.1, 0.15) is 29.8 Å². The average molecular weight is 366 g/mol. The topological polar surface area (TPSA) is 57.7 Å². The number of nitrogens with one attached hydrogen (secondary N) is 1. The van der Waals surface area contributed by atoms with Crippen molar-refractivity contribution in [3.8, 4) is 0 Å². The first-order chi connectivity index (χ1) is 13.3. The normalized spacial score (nSPS) is 17.6. The molecule has 0 unspecified atom stereocenters. The number of rotatable bonds is 4. The minimum Gasteiger partial charge on any atom is -0.378 e. The molecular weight excluding hydrogens is 340 g/mol. The zero-order valence-electron chi connectivity index (χ0n) is 15.6. The van der Waals surface area contributed by atoms with Crippen LogP contribution in [-0.4, -0.2) is 55.2 Å². The van der Waals surface area contributed by atoms with Gasteiger partial charge >= 0.3 is 0 Å². The van der Waals surface area contributed by atoms with Gasteiger partial charge < -0.3 is 19.9 Å². The summed E-state index contributed by atoms with van der Waals surface area (Å²) in [7, 11) is 0. The predicted molar refractivity (Wildman–Crippen MR) is 107 cm³/mol. The van der Waals surface area contributed by atoms with Crippen molar-refractivity contribution in [1.29, 1.82) is 0 Å². The maximum Gasteiger partial charge on any atom is 0.272 e. The highest BCUT2D eigenvalue weighted by molar-refractivity contribution is 5.92. The van der Waals surface area contributed by atoms with Crippen LogP contribution in [-0.2, 0) is 4.74 Å². The number of hydrogen-bond acceptors (Lipinski definition) is 5. The quantitative estimate of drug-likeness (QED) is 0.900. The lowest BCUT2D eigenvalue weighted by Gasteiger charge is -2.28. The Morgan fingerprint density at radius 3 is 2.26 bits per heavy atom. The third-order valence-electron chi connectivity index (χ3n) is 5.16. The Morgan fingerprint density at radius 1 is 0.889 bits per heavy atom. The van der Waals surface area contributed by atoms with Crippen LogP contribution in [0.15, 0.2) is 42.6 Å². The van der Waals surface area contributed by atoms with Crippen molar-refractivity contribution in [3.63, 3.8) is 0 Å². The molecule has 1 N–H and O–H groups in total. The lowest BCUT2D eigenvalue weighted by atomic mass is 10.1. The number of morpholine rings is 1. The van der Waals surface area contributed by atoms with Crippen molar-refractivity contribution in [2.45, 2.75) is 19.3 Å². The predicted octanol–water partition coefficient (Wildman–Crippen LogP) is 3.29. The molecule has 0 atom stereocenters. The smallest absolute Gasteiger partial charge is 0.272 e. The van der Waals surface area contributed by atoms with Crippen molar-refractivity contribution in [2.75, 3.05) is 49.6 Å². The number of carbonyl (C=O) groups is 1. The van der Waals surface area contributed by atoms with Crippen molar-refractivity contribution in [1.82, 2.24) is 9.88 Å². The third-order valence-corrected chi connectivity index (χ3v) is 5.16. The Kier molecular flexibility index (Phi) is 5.53. The van der Waals surface area contributed by atoms with Gasteiger partial charge in [-0.05, 0) is 55.7 Å². The molecule has 0 bridgehead atoms. The molecule has 1 aromatic heterocycles. The first-order valence-corrected chi connectivity index (χ1v) is 9.75. The molecule has 0 saturated carbocycles. The summed E-state index contributed by atoms with van der Waals surface area (Å²) in [6.45, 7) is 4.75. The number of anilines is 3. The van der Waals surface area contributed by atoms with Crippen LogP contribution < -0.4 is 10.2 Å². The maximum absolute atomic E-state index is 12.4. The van der Waals surface area contributed by atoms with Crippen molar-refractivity contribution < 1.29 is 9.53 Å². The van der Waals surface area contributed by atoms with Gasteiger partial charge in [-0.2, -0.15) is 0 Å². The van der Waals surface area contributed by atoms with Gasteiger partial charge in [0.05, 0.1) is 25.1 Å². The Bertz CT molecular complexity index is 749. The summed E-state index contributed by atoms with van der Waals surface area (Å²) in [5.41, 5.74) is 3.65. The molecule has 2 aliphatic heterocycles. The molecule has 0 spiro atoms. The molecule has 27 heavy (non-hydrogen) atoms. The van der Waals surface area contributed by atoms with Crippen molar-refractivity contribution in [2.24, 2.45) is 0 Å². The summed E-state index contributed by atoms with van der Waals surface area (Å²) in [5.74, 6) is -0.0317. The van der Waals surface area contributed by atoms with E-state index in [1.165, 1.54) is 24.9 Å². The lowest BCUT2D eigenvalue weighted by molar-refractivity contribution is 0.0299. The van der Waals surface area contributed by atoms with E-state index in [9.17, 15) is 4.79 Å². The molecule has 2 saturated heterocycles. The van der Waals surface area contributed by atoms with E-state index in [0.717, 1.165) is 24.5 Å². The highest BCUT2D eigenvalue weighted by Gasteiger charge is 2.19. The summed E-state index contributed by atoms with van der Waals surface area (Å²) in [5, 5.41) is 3.35. The minimum absolute atomic E-state index is 0.0317. The Morgan fingerprint density at radius 2 is 1.59 bits per heavy atom. The lowest BCUT2D eigenvalue weighted by Crippen LogP contribution is -2.41. The number of pyridine rings is 1. The van der Waals surface area contributed by atoms with E-state index in [1.807, 2.05) is 6.07 Å². The van der Waals surface area contributed by atoms with Gasteiger partial charge in [-0.3, -0.25) is 4.79 Å². The largest absolute Gasteiger partial charge is 0.378 e. The summed E-state index contributed by atoms with van der Waals surface area (Å²) < 4.78 is 5.29. The number of piperidine rings is 1. The van der Waals surface area contributed by atoms with E-state index in [-0.39, 0.29) is 5.91 Å². The summed E-state index contributed by atoms with van der Waals surface area (Å²) in [6.07, 6.45) is 5.61. The number of amides is 1. The number of ether oxygens (including phenoxy) is 1. The van der Waals surface area contributed by atoms with Crippen LogP contribution in [0.2, 0.25) is 0 Å². The standard InChI is InChI=1S/C21H26N4O2/c26-21(25-12-14-27-15-13-25)20-9-6-18(16-22-20)23-17-4-7-19(8-5-17)24-10-2-1-3-11-24/h4-9,16,23H,1-3,10-15H2. The van der Waals surface area contributed by atoms with Gasteiger partial charge in [0.25, 0.3) is 5.91 Å². The summed E-state index contributed by atoms with van der Waals surface area (Å²) in [6, 6.07) is 12.2. The van der Waals surface area contributed by atoms with Crippen molar-refractivity contribution >= 4 is 23.0 Å². The second-order valence-electron chi connectivity index (χ2n) is 7.06. The average Bonchev–Trinajstić information content (AvgIpc) is 2.76. The van der Waals surface area contributed by atoms with Gasteiger partial charge in [0.15, 0.2) is 0 Å². The highest BCUT2D eigenvalue weighted by atomic mass is 16.5. The van der Waals surface area contributed by atoms with E-state index < -0.39 is 0 Å². The van der Waals surface area contributed by atoms with Gasteiger partial charge in [0.1, 0.15) is 5.69 Å². The first-order valence-electron chi connectivity index (χ1n) is 9.75.